The van der Waals surface area contributed by atoms with Crippen LogP contribution < -0.4 is 10.7 Å². The molecule has 0 radical (unpaired) electrons. The number of hydrazine groups is 1. The lowest BCUT2D eigenvalue weighted by Crippen LogP contribution is -2.45. The molecule has 0 saturated heterocycles. The average Bonchev–Trinajstić information content (AvgIpc) is 1.98. The second kappa shape index (κ2) is 5.92. The Kier molecular flexibility index (Phi) is 5.23. The number of carboxylic acid groups (broad SMARTS) is 1. The molecule has 0 heterocycles. The highest BCUT2D eigenvalue weighted by molar-refractivity contribution is 5.95. The van der Waals surface area contributed by atoms with Gasteiger partial charge in [-0.25, -0.2) is 9.80 Å². The zero-order chi connectivity index (χ0) is 11.1. The average molecular weight is 203 g/mol. The van der Waals surface area contributed by atoms with E-state index in [0.717, 1.165) is 0 Å². The number of carbonyl (C=O) groups excluding carboxylic acids is 2. The van der Waals surface area contributed by atoms with Crippen LogP contribution in [0.15, 0.2) is 0 Å². The van der Waals surface area contributed by atoms with Crippen molar-refractivity contribution in [1.82, 2.24) is 15.8 Å². The molecule has 0 aliphatic rings. The van der Waals surface area contributed by atoms with Crippen LogP contribution in [0, 0.1) is 0 Å². The van der Waals surface area contributed by atoms with Crippen LogP contribution in [-0.2, 0) is 9.59 Å². The largest absolute Gasteiger partial charge is 0.481 e. The molecule has 0 aromatic carbocycles. The Labute approximate surface area is 81.0 Å². The van der Waals surface area contributed by atoms with E-state index in [1.165, 1.54) is 5.01 Å². The Morgan fingerprint density at radius 2 is 1.79 bits per heavy atom. The van der Waals surface area contributed by atoms with Crippen LogP contribution in [0.5, 0.6) is 0 Å². The normalized spacial score (nSPS) is 9.64. The van der Waals surface area contributed by atoms with Gasteiger partial charge in [0.2, 0.25) is 5.91 Å². The minimum absolute atomic E-state index is 0.212. The van der Waals surface area contributed by atoms with E-state index < -0.39 is 17.9 Å². The third-order valence-corrected chi connectivity index (χ3v) is 1.14. The van der Waals surface area contributed by atoms with E-state index in [4.69, 9.17) is 5.11 Å². The maximum Gasteiger partial charge on any atom is 0.335 e. The van der Waals surface area contributed by atoms with Crippen LogP contribution in [0.25, 0.3) is 0 Å². The molecular weight excluding hydrogens is 190 g/mol. The first kappa shape index (κ1) is 12.4. The second-order valence-electron chi connectivity index (χ2n) is 2.78. The minimum Gasteiger partial charge on any atom is -0.481 e. The van der Waals surface area contributed by atoms with Crippen molar-refractivity contribution in [3.05, 3.63) is 0 Å². The number of nitrogens with one attached hydrogen (secondary N) is 2. The van der Waals surface area contributed by atoms with Crippen molar-refractivity contribution in [2.75, 3.05) is 14.1 Å². The lowest BCUT2D eigenvalue weighted by molar-refractivity contribution is -0.138. The van der Waals surface area contributed by atoms with Crippen LogP contribution in [0.4, 0.5) is 4.79 Å². The summed E-state index contributed by atoms with van der Waals surface area (Å²) in [5, 5.41) is 11.6. The van der Waals surface area contributed by atoms with Gasteiger partial charge in [-0.1, -0.05) is 0 Å². The molecule has 3 N–H and O–H groups in total. The summed E-state index contributed by atoms with van der Waals surface area (Å²) in [5.74, 6) is -1.69. The molecule has 0 saturated carbocycles. The fraction of sp³-hybridized carbons (Fsp3) is 0.571. The summed E-state index contributed by atoms with van der Waals surface area (Å²) >= 11 is 0. The van der Waals surface area contributed by atoms with E-state index in [2.05, 4.69) is 5.43 Å². The lowest BCUT2D eigenvalue weighted by Gasteiger charge is -2.11. The topological polar surface area (TPSA) is 98.7 Å². The van der Waals surface area contributed by atoms with Gasteiger partial charge >= 0.3 is 12.0 Å². The summed E-state index contributed by atoms with van der Waals surface area (Å²) in [4.78, 5) is 31.8. The van der Waals surface area contributed by atoms with E-state index in [9.17, 15) is 14.4 Å². The number of carboxylic acids is 1. The van der Waals surface area contributed by atoms with Crippen molar-refractivity contribution in [1.29, 1.82) is 0 Å². The molecule has 0 unspecified atom stereocenters. The maximum atomic E-state index is 10.9. The lowest BCUT2D eigenvalue weighted by atomic mass is 10.3. The van der Waals surface area contributed by atoms with E-state index in [-0.39, 0.29) is 12.8 Å². The summed E-state index contributed by atoms with van der Waals surface area (Å²) in [6.07, 6.45) is -0.503. The first-order chi connectivity index (χ1) is 6.41. The highest BCUT2D eigenvalue weighted by Crippen LogP contribution is 1.87. The molecule has 14 heavy (non-hydrogen) atoms. The zero-order valence-corrected chi connectivity index (χ0v) is 8.03. The van der Waals surface area contributed by atoms with Crippen LogP contribution in [0.3, 0.4) is 0 Å². The second-order valence-corrected chi connectivity index (χ2v) is 2.78. The molecule has 0 aromatic heterocycles. The summed E-state index contributed by atoms with van der Waals surface area (Å²) in [5.41, 5.74) is 2.28. The van der Waals surface area contributed by atoms with Crippen LogP contribution in [0.1, 0.15) is 12.8 Å². The van der Waals surface area contributed by atoms with Gasteiger partial charge in [-0.3, -0.25) is 20.3 Å². The quantitative estimate of drug-likeness (QED) is 0.517. The van der Waals surface area contributed by atoms with Crippen LogP contribution in [0.2, 0.25) is 0 Å². The Hall–Kier alpha value is -1.63. The number of imide groups is 1. The van der Waals surface area contributed by atoms with Gasteiger partial charge in [-0.15, -0.1) is 0 Å². The van der Waals surface area contributed by atoms with Crippen LogP contribution in [-0.4, -0.2) is 42.1 Å². The highest BCUT2D eigenvalue weighted by Gasteiger charge is 2.09. The summed E-state index contributed by atoms with van der Waals surface area (Å²) in [6, 6.07) is -0.676. The number of carbonyl (C=O) groups is 3. The first-order valence-corrected chi connectivity index (χ1v) is 3.91. The van der Waals surface area contributed by atoms with Gasteiger partial charge in [-0.2, -0.15) is 0 Å². The van der Waals surface area contributed by atoms with Gasteiger partial charge < -0.3 is 5.11 Å². The third kappa shape index (κ3) is 7.04. The van der Waals surface area contributed by atoms with Crippen LogP contribution >= 0.6 is 0 Å². The van der Waals surface area contributed by atoms with Crippen molar-refractivity contribution in [3.63, 3.8) is 0 Å². The van der Waals surface area contributed by atoms with Crippen molar-refractivity contribution < 1.29 is 19.5 Å². The van der Waals surface area contributed by atoms with Gasteiger partial charge in [0.1, 0.15) is 0 Å². The Bertz CT molecular complexity index is 239. The molecule has 0 aliphatic heterocycles. The van der Waals surface area contributed by atoms with E-state index in [0.29, 0.717) is 0 Å². The molecule has 0 atom stereocenters. The molecule has 0 aromatic rings. The number of urea groups is 1. The van der Waals surface area contributed by atoms with E-state index in [1.807, 2.05) is 5.32 Å². The number of nitrogens with zero attached hydrogens (tertiary/aromatic N) is 1. The minimum atomic E-state index is -1.08. The molecule has 80 valence electrons. The monoisotopic (exact) mass is 203 g/mol. The van der Waals surface area contributed by atoms with Gasteiger partial charge in [-0.05, 0) is 0 Å². The number of rotatable bonds is 4. The Balaban J connectivity index is 3.72. The fourth-order valence-electron chi connectivity index (χ4n) is 0.641. The highest BCUT2D eigenvalue weighted by atomic mass is 16.4. The molecule has 0 rings (SSSR count). The summed E-state index contributed by atoms with van der Waals surface area (Å²) in [7, 11) is 3.17. The Morgan fingerprint density at radius 3 is 2.21 bits per heavy atom. The molecule has 0 spiro atoms. The van der Waals surface area contributed by atoms with Gasteiger partial charge in [0.25, 0.3) is 0 Å². The number of aliphatic carboxylic acids is 1. The van der Waals surface area contributed by atoms with Crippen molar-refractivity contribution in [2.45, 2.75) is 12.8 Å². The maximum absolute atomic E-state index is 10.9. The molecule has 0 fully saturated rings. The SMILES string of the molecule is CN(C)NC(=O)NC(=O)CCC(=O)O. The van der Waals surface area contributed by atoms with Gasteiger partial charge in [0, 0.05) is 20.5 Å². The van der Waals surface area contributed by atoms with Gasteiger partial charge in [0.05, 0.1) is 6.42 Å². The van der Waals surface area contributed by atoms with E-state index >= 15 is 0 Å². The summed E-state index contributed by atoms with van der Waals surface area (Å²) < 4.78 is 0. The standard InChI is InChI=1S/C7H13N3O4/c1-10(2)9-7(14)8-5(11)3-4-6(12)13/h3-4H2,1-2H3,(H,12,13)(H2,8,9,11,14). The smallest absolute Gasteiger partial charge is 0.335 e. The van der Waals surface area contributed by atoms with Gasteiger partial charge in [0.15, 0.2) is 0 Å². The zero-order valence-electron chi connectivity index (χ0n) is 8.03. The number of hydrogen-bond acceptors (Lipinski definition) is 4. The predicted molar refractivity (Wildman–Crippen MR) is 47.2 cm³/mol. The fourth-order valence-corrected chi connectivity index (χ4v) is 0.641. The number of amides is 3. The van der Waals surface area contributed by atoms with Crippen molar-refractivity contribution in [3.8, 4) is 0 Å². The molecule has 7 nitrogen and oxygen atoms in total. The number of hydrogen-bond donors (Lipinski definition) is 3. The molecule has 3 amide bonds. The molecule has 7 heteroatoms. The Morgan fingerprint density at radius 1 is 1.21 bits per heavy atom. The summed E-state index contributed by atoms with van der Waals surface area (Å²) in [6.45, 7) is 0. The van der Waals surface area contributed by atoms with Crippen molar-refractivity contribution in [2.24, 2.45) is 0 Å². The third-order valence-electron chi connectivity index (χ3n) is 1.14. The molecular formula is C7H13N3O4. The predicted octanol–water partition coefficient (Wildman–Crippen LogP) is -0.846. The van der Waals surface area contributed by atoms with Crippen molar-refractivity contribution >= 4 is 17.9 Å². The molecule has 0 bridgehead atoms. The molecule has 0 aliphatic carbocycles. The van der Waals surface area contributed by atoms with E-state index in [1.54, 1.807) is 14.1 Å². The first-order valence-electron chi connectivity index (χ1n) is 3.91.